The van der Waals surface area contributed by atoms with Gasteiger partial charge in [-0.15, -0.1) is 0 Å². The molecule has 0 saturated heterocycles. The van der Waals surface area contributed by atoms with E-state index >= 15 is 0 Å². The van der Waals surface area contributed by atoms with Gasteiger partial charge in [0.1, 0.15) is 0 Å². The van der Waals surface area contributed by atoms with Crippen molar-refractivity contribution < 1.29 is 19.8 Å². The van der Waals surface area contributed by atoms with Gasteiger partial charge in [0, 0.05) is 12.8 Å². The third-order valence-electron chi connectivity index (χ3n) is 5.15. The van der Waals surface area contributed by atoms with E-state index < -0.39 is 11.9 Å². The van der Waals surface area contributed by atoms with Gasteiger partial charge in [-0.25, -0.2) is 0 Å². The van der Waals surface area contributed by atoms with Gasteiger partial charge >= 0.3 is 11.9 Å². The summed E-state index contributed by atoms with van der Waals surface area (Å²) < 4.78 is 0. The first-order valence-corrected chi connectivity index (χ1v) is 9.94. The van der Waals surface area contributed by atoms with Gasteiger partial charge in [0.15, 0.2) is 0 Å². The van der Waals surface area contributed by atoms with Gasteiger partial charge in [0.05, 0.1) is 0 Å². The fourth-order valence-electron chi connectivity index (χ4n) is 3.62. The normalized spacial score (nSPS) is 13.6. The Morgan fingerprint density at radius 1 is 0.625 bits per heavy atom. The molecule has 0 fully saturated rings. The maximum Gasteiger partial charge on any atom is 0.303 e. The second-order valence-corrected chi connectivity index (χ2v) is 7.03. The van der Waals surface area contributed by atoms with Crippen molar-refractivity contribution in [3.05, 3.63) is 0 Å². The van der Waals surface area contributed by atoms with E-state index in [4.69, 9.17) is 10.2 Å². The number of unbranched alkanes of at least 4 members (excludes halogenated alkanes) is 6. The summed E-state index contributed by atoms with van der Waals surface area (Å²) in [5, 5.41) is 17.3. The van der Waals surface area contributed by atoms with Gasteiger partial charge in [-0.2, -0.15) is 0 Å². The third kappa shape index (κ3) is 13.4. The van der Waals surface area contributed by atoms with Crippen molar-refractivity contribution in [2.45, 2.75) is 104 Å². The molecule has 0 spiro atoms. The van der Waals surface area contributed by atoms with E-state index in [1.165, 1.54) is 38.5 Å². The molecule has 0 aliphatic heterocycles. The van der Waals surface area contributed by atoms with E-state index in [9.17, 15) is 9.59 Å². The topological polar surface area (TPSA) is 74.6 Å². The summed E-state index contributed by atoms with van der Waals surface area (Å²) in [4.78, 5) is 21.0. The lowest BCUT2D eigenvalue weighted by atomic mass is 9.81. The number of carboxylic acid groups (broad SMARTS) is 2. The van der Waals surface area contributed by atoms with Crippen molar-refractivity contribution in [1.29, 1.82) is 0 Å². The van der Waals surface area contributed by atoms with Gasteiger partial charge < -0.3 is 10.2 Å². The molecule has 4 nitrogen and oxygen atoms in total. The Kier molecular flexibility index (Phi) is 14.8. The lowest BCUT2D eigenvalue weighted by Gasteiger charge is -2.25. The van der Waals surface area contributed by atoms with E-state index in [2.05, 4.69) is 13.8 Å². The van der Waals surface area contributed by atoms with E-state index in [1.54, 1.807) is 0 Å². The highest BCUT2D eigenvalue weighted by Crippen LogP contribution is 2.29. The minimum absolute atomic E-state index is 0.302. The Balaban J connectivity index is 3.82. The van der Waals surface area contributed by atoms with Gasteiger partial charge in [-0.3, -0.25) is 9.59 Å². The average molecular weight is 343 g/mol. The summed E-state index contributed by atoms with van der Waals surface area (Å²) in [6, 6.07) is 0. The first kappa shape index (κ1) is 22.9. The molecule has 0 bridgehead atoms. The standard InChI is InChI=1S/C20H38O4/c1-3-17(13-9-5-7-11-15-19(21)22)18(4-2)14-10-6-8-12-16-20(23)24/h17-18H,3-16H2,1-2H3,(H,21,22)(H,23,24). The summed E-state index contributed by atoms with van der Waals surface area (Å²) >= 11 is 0. The van der Waals surface area contributed by atoms with Crippen LogP contribution in [0, 0.1) is 11.8 Å². The molecule has 4 heteroatoms. The van der Waals surface area contributed by atoms with Gasteiger partial charge in [0.25, 0.3) is 0 Å². The van der Waals surface area contributed by atoms with E-state index in [-0.39, 0.29) is 0 Å². The molecule has 0 amide bonds. The first-order valence-electron chi connectivity index (χ1n) is 9.94. The molecule has 2 atom stereocenters. The highest BCUT2D eigenvalue weighted by Gasteiger charge is 2.17. The number of carbonyl (C=O) groups is 2. The maximum absolute atomic E-state index is 10.5. The van der Waals surface area contributed by atoms with Crippen LogP contribution in [0.25, 0.3) is 0 Å². The Hall–Kier alpha value is -1.06. The molecule has 0 aromatic carbocycles. The number of rotatable bonds is 17. The smallest absolute Gasteiger partial charge is 0.303 e. The van der Waals surface area contributed by atoms with Crippen molar-refractivity contribution in [3.8, 4) is 0 Å². The van der Waals surface area contributed by atoms with Gasteiger partial charge in [0.2, 0.25) is 0 Å². The van der Waals surface area contributed by atoms with Crippen LogP contribution in [-0.2, 0) is 9.59 Å². The minimum atomic E-state index is -0.684. The summed E-state index contributed by atoms with van der Waals surface area (Å²) in [5.41, 5.74) is 0. The largest absolute Gasteiger partial charge is 0.481 e. The van der Waals surface area contributed by atoms with E-state index in [1.807, 2.05) is 0 Å². The molecule has 0 aliphatic carbocycles. The molecule has 2 N–H and O–H groups in total. The Morgan fingerprint density at radius 2 is 0.958 bits per heavy atom. The molecular formula is C20H38O4. The molecule has 0 radical (unpaired) electrons. The summed E-state index contributed by atoms with van der Waals surface area (Å²) in [5.74, 6) is 0.202. The molecular weight excluding hydrogens is 304 g/mol. The molecule has 0 rings (SSSR count). The van der Waals surface area contributed by atoms with Crippen LogP contribution in [0.5, 0.6) is 0 Å². The summed E-state index contributed by atoms with van der Waals surface area (Å²) in [6.07, 6.45) is 14.0. The predicted octanol–water partition coefficient (Wildman–Crippen LogP) is 5.89. The van der Waals surface area contributed by atoms with Crippen LogP contribution in [0.2, 0.25) is 0 Å². The van der Waals surface area contributed by atoms with Crippen LogP contribution < -0.4 is 0 Å². The van der Waals surface area contributed by atoms with Crippen molar-refractivity contribution >= 4 is 11.9 Å². The first-order chi connectivity index (χ1) is 11.5. The fourth-order valence-corrected chi connectivity index (χ4v) is 3.62. The monoisotopic (exact) mass is 342 g/mol. The second-order valence-electron chi connectivity index (χ2n) is 7.03. The third-order valence-corrected chi connectivity index (χ3v) is 5.15. The minimum Gasteiger partial charge on any atom is -0.481 e. The predicted molar refractivity (Wildman–Crippen MR) is 98.2 cm³/mol. The Labute approximate surface area is 148 Å². The lowest BCUT2D eigenvalue weighted by Crippen LogP contribution is -2.14. The van der Waals surface area contributed by atoms with Crippen LogP contribution in [0.15, 0.2) is 0 Å². The number of aliphatic carboxylic acids is 2. The Bertz CT molecular complexity index is 296. The van der Waals surface area contributed by atoms with Crippen LogP contribution in [0.3, 0.4) is 0 Å². The second kappa shape index (κ2) is 15.5. The fraction of sp³-hybridized carbons (Fsp3) is 0.900. The van der Waals surface area contributed by atoms with Crippen molar-refractivity contribution in [2.24, 2.45) is 11.8 Å². The Morgan fingerprint density at radius 3 is 1.25 bits per heavy atom. The molecule has 0 saturated carbocycles. The van der Waals surface area contributed by atoms with Crippen LogP contribution in [0.1, 0.15) is 104 Å². The zero-order valence-corrected chi connectivity index (χ0v) is 15.8. The number of carboxylic acids is 2. The summed E-state index contributed by atoms with van der Waals surface area (Å²) in [6.45, 7) is 4.56. The van der Waals surface area contributed by atoms with Crippen molar-refractivity contribution in [3.63, 3.8) is 0 Å². The molecule has 0 aromatic heterocycles. The van der Waals surface area contributed by atoms with Crippen LogP contribution in [0.4, 0.5) is 0 Å². The highest BCUT2D eigenvalue weighted by molar-refractivity contribution is 5.66. The molecule has 142 valence electrons. The zero-order valence-electron chi connectivity index (χ0n) is 15.8. The molecule has 0 aliphatic rings. The number of hydrogen-bond acceptors (Lipinski definition) is 2. The molecule has 24 heavy (non-hydrogen) atoms. The molecule has 0 aromatic rings. The quantitative estimate of drug-likeness (QED) is 0.323. The molecule has 2 unspecified atom stereocenters. The van der Waals surface area contributed by atoms with E-state index in [0.717, 1.165) is 50.4 Å². The van der Waals surface area contributed by atoms with Gasteiger partial charge in [-0.1, -0.05) is 78.1 Å². The zero-order chi connectivity index (χ0) is 18.2. The van der Waals surface area contributed by atoms with Crippen LogP contribution in [-0.4, -0.2) is 22.2 Å². The lowest BCUT2D eigenvalue weighted by molar-refractivity contribution is -0.138. The van der Waals surface area contributed by atoms with E-state index in [0.29, 0.717) is 12.8 Å². The van der Waals surface area contributed by atoms with Gasteiger partial charge in [-0.05, 0) is 24.7 Å². The molecule has 0 heterocycles. The SMILES string of the molecule is CCC(CCCCCCC(=O)O)C(CC)CCCCCCC(=O)O. The average Bonchev–Trinajstić information content (AvgIpc) is 2.54. The van der Waals surface area contributed by atoms with Crippen LogP contribution >= 0.6 is 0 Å². The van der Waals surface area contributed by atoms with Crippen molar-refractivity contribution in [2.75, 3.05) is 0 Å². The van der Waals surface area contributed by atoms with Crippen molar-refractivity contribution in [1.82, 2.24) is 0 Å². The maximum atomic E-state index is 10.5. The number of hydrogen-bond donors (Lipinski definition) is 2. The highest BCUT2D eigenvalue weighted by atomic mass is 16.4. The summed E-state index contributed by atoms with van der Waals surface area (Å²) in [7, 11) is 0.